The minimum Gasteiger partial charge on any atom is -0.434 e. The molecule has 2 aliphatic heterocycles. The van der Waals surface area contributed by atoms with Crippen LogP contribution in [0.5, 0.6) is 0 Å². The number of rotatable bonds is 3. The lowest BCUT2D eigenvalue weighted by Gasteiger charge is -2.36. The number of carbonyl (C=O) groups is 1. The molecule has 2 aliphatic rings. The van der Waals surface area contributed by atoms with Crippen LogP contribution in [-0.2, 0) is 17.7 Å². The number of piperazine rings is 1. The van der Waals surface area contributed by atoms with Gasteiger partial charge < -0.3 is 19.9 Å². The van der Waals surface area contributed by atoms with E-state index in [4.69, 9.17) is 15.0 Å². The number of amides is 1. The molecule has 0 bridgehead atoms. The molecule has 1 amide bonds. The predicted molar refractivity (Wildman–Crippen MR) is 90.0 cm³/mol. The molecule has 1 saturated heterocycles. The van der Waals surface area contributed by atoms with Crippen LogP contribution in [0.2, 0.25) is 0 Å². The van der Waals surface area contributed by atoms with Crippen molar-refractivity contribution in [3.63, 3.8) is 0 Å². The van der Waals surface area contributed by atoms with Crippen molar-refractivity contribution in [1.29, 1.82) is 5.26 Å². The number of aromatic nitrogens is 2. The SMILES string of the molecule is CSc1nc2c(c(N3CCN(C(=O)OCC#N)CC3)n1)CCNC2. The van der Waals surface area contributed by atoms with Crippen molar-refractivity contribution in [3.8, 4) is 6.07 Å². The maximum absolute atomic E-state index is 11.8. The van der Waals surface area contributed by atoms with E-state index in [1.165, 1.54) is 5.56 Å². The van der Waals surface area contributed by atoms with Crippen LogP contribution in [0.4, 0.5) is 10.6 Å². The third-order valence-electron chi connectivity index (χ3n) is 4.17. The van der Waals surface area contributed by atoms with Crippen molar-refractivity contribution in [2.75, 3.05) is 50.5 Å². The first kappa shape index (κ1) is 16.8. The van der Waals surface area contributed by atoms with E-state index in [0.29, 0.717) is 26.2 Å². The average Bonchev–Trinajstić information content (AvgIpc) is 2.65. The maximum Gasteiger partial charge on any atom is 0.410 e. The fourth-order valence-corrected chi connectivity index (χ4v) is 3.34. The van der Waals surface area contributed by atoms with Crippen LogP contribution >= 0.6 is 11.8 Å². The molecule has 0 atom stereocenters. The predicted octanol–water partition coefficient (Wildman–Crippen LogP) is 0.626. The van der Waals surface area contributed by atoms with Crippen LogP contribution in [-0.4, -0.2) is 66.5 Å². The molecule has 1 fully saturated rings. The normalized spacial score (nSPS) is 17.2. The Morgan fingerprint density at radius 1 is 1.38 bits per heavy atom. The molecular formula is C15H20N6O2S. The molecular weight excluding hydrogens is 328 g/mol. The number of carbonyl (C=O) groups excluding carboxylic acids is 1. The van der Waals surface area contributed by atoms with E-state index >= 15 is 0 Å². The van der Waals surface area contributed by atoms with Crippen LogP contribution in [0.15, 0.2) is 5.16 Å². The number of hydrogen-bond donors (Lipinski definition) is 1. The summed E-state index contributed by atoms with van der Waals surface area (Å²) >= 11 is 1.54. The van der Waals surface area contributed by atoms with Crippen LogP contribution in [0.3, 0.4) is 0 Å². The third-order valence-corrected chi connectivity index (χ3v) is 4.72. The van der Waals surface area contributed by atoms with Gasteiger partial charge in [-0.05, 0) is 19.2 Å². The monoisotopic (exact) mass is 348 g/mol. The molecule has 1 N–H and O–H groups in total. The lowest BCUT2D eigenvalue weighted by Crippen LogP contribution is -2.49. The lowest BCUT2D eigenvalue weighted by molar-refractivity contribution is 0.111. The molecule has 8 nitrogen and oxygen atoms in total. The second-order valence-electron chi connectivity index (χ2n) is 5.57. The molecule has 0 saturated carbocycles. The smallest absolute Gasteiger partial charge is 0.410 e. The number of ether oxygens (including phenoxy) is 1. The van der Waals surface area contributed by atoms with Crippen LogP contribution in [0, 0.1) is 11.3 Å². The van der Waals surface area contributed by atoms with Gasteiger partial charge in [0.25, 0.3) is 0 Å². The van der Waals surface area contributed by atoms with Crippen molar-refractivity contribution in [3.05, 3.63) is 11.3 Å². The number of fused-ring (bicyclic) bond motifs is 1. The fourth-order valence-electron chi connectivity index (χ4n) is 2.96. The van der Waals surface area contributed by atoms with Gasteiger partial charge in [0.15, 0.2) is 11.8 Å². The molecule has 3 rings (SSSR count). The van der Waals surface area contributed by atoms with Gasteiger partial charge in [0.1, 0.15) is 11.9 Å². The molecule has 3 heterocycles. The Balaban J connectivity index is 1.72. The van der Waals surface area contributed by atoms with E-state index in [2.05, 4.69) is 15.2 Å². The molecule has 1 aromatic heterocycles. The summed E-state index contributed by atoms with van der Waals surface area (Å²) in [5, 5.41) is 12.6. The van der Waals surface area contributed by atoms with Gasteiger partial charge >= 0.3 is 6.09 Å². The zero-order chi connectivity index (χ0) is 16.9. The Hall–Kier alpha value is -2.05. The van der Waals surface area contributed by atoms with E-state index in [9.17, 15) is 4.79 Å². The Labute approximate surface area is 145 Å². The van der Waals surface area contributed by atoms with E-state index in [1.807, 2.05) is 12.3 Å². The average molecular weight is 348 g/mol. The summed E-state index contributed by atoms with van der Waals surface area (Å²) < 4.78 is 4.87. The van der Waals surface area contributed by atoms with Crippen molar-refractivity contribution in [1.82, 2.24) is 20.2 Å². The highest BCUT2D eigenvalue weighted by Crippen LogP contribution is 2.27. The summed E-state index contributed by atoms with van der Waals surface area (Å²) in [6, 6.07) is 1.81. The molecule has 128 valence electrons. The third kappa shape index (κ3) is 3.55. The van der Waals surface area contributed by atoms with E-state index in [1.54, 1.807) is 16.7 Å². The number of nitriles is 1. The first-order valence-electron chi connectivity index (χ1n) is 7.91. The molecule has 0 spiro atoms. The van der Waals surface area contributed by atoms with Gasteiger partial charge in [0.2, 0.25) is 0 Å². The van der Waals surface area contributed by atoms with Crippen molar-refractivity contribution >= 4 is 23.7 Å². The standard InChI is InChI=1S/C15H20N6O2S/c1-24-14-18-12-10-17-4-2-11(12)13(19-14)20-5-7-21(8-6-20)15(22)23-9-3-16/h17H,2,4-10H2,1H3. The van der Waals surface area contributed by atoms with Gasteiger partial charge in [-0.15, -0.1) is 0 Å². The lowest BCUT2D eigenvalue weighted by atomic mass is 10.1. The highest BCUT2D eigenvalue weighted by Gasteiger charge is 2.26. The largest absolute Gasteiger partial charge is 0.434 e. The minimum absolute atomic E-state index is 0.206. The van der Waals surface area contributed by atoms with Gasteiger partial charge in [0.05, 0.1) is 5.69 Å². The van der Waals surface area contributed by atoms with Gasteiger partial charge in [-0.25, -0.2) is 14.8 Å². The van der Waals surface area contributed by atoms with Crippen LogP contribution in [0.25, 0.3) is 0 Å². The quantitative estimate of drug-likeness (QED) is 0.628. The molecule has 0 aromatic carbocycles. The van der Waals surface area contributed by atoms with Gasteiger partial charge in [-0.2, -0.15) is 5.26 Å². The minimum atomic E-state index is -0.421. The molecule has 9 heteroatoms. The number of thioether (sulfide) groups is 1. The van der Waals surface area contributed by atoms with E-state index in [0.717, 1.165) is 36.2 Å². The number of hydrogen-bond acceptors (Lipinski definition) is 8. The zero-order valence-corrected chi connectivity index (χ0v) is 14.4. The number of anilines is 1. The highest BCUT2D eigenvalue weighted by atomic mass is 32.2. The van der Waals surface area contributed by atoms with Gasteiger partial charge in [0, 0.05) is 38.3 Å². The van der Waals surface area contributed by atoms with Crippen molar-refractivity contribution in [2.45, 2.75) is 18.1 Å². The fraction of sp³-hybridized carbons (Fsp3) is 0.600. The second kappa shape index (κ2) is 7.68. The van der Waals surface area contributed by atoms with Gasteiger partial charge in [-0.3, -0.25) is 0 Å². The molecule has 0 aliphatic carbocycles. The summed E-state index contributed by atoms with van der Waals surface area (Å²) in [5.41, 5.74) is 2.29. The van der Waals surface area contributed by atoms with Crippen molar-refractivity contribution in [2.24, 2.45) is 0 Å². The van der Waals surface area contributed by atoms with E-state index < -0.39 is 6.09 Å². The number of nitrogens with zero attached hydrogens (tertiary/aromatic N) is 5. The summed E-state index contributed by atoms with van der Waals surface area (Å²) in [4.78, 5) is 25.0. The molecule has 1 aromatic rings. The molecule has 24 heavy (non-hydrogen) atoms. The summed E-state index contributed by atoms with van der Waals surface area (Å²) in [7, 11) is 0. The Morgan fingerprint density at radius 2 is 2.17 bits per heavy atom. The Bertz CT molecular complexity index is 654. The Kier molecular flexibility index (Phi) is 5.37. The van der Waals surface area contributed by atoms with Crippen molar-refractivity contribution < 1.29 is 9.53 Å². The summed E-state index contributed by atoms with van der Waals surface area (Å²) in [6.45, 7) is 4.04. The number of nitrogens with one attached hydrogen (secondary N) is 1. The first-order chi connectivity index (χ1) is 11.7. The van der Waals surface area contributed by atoms with Crippen LogP contribution in [0.1, 0.15) is 11.3 Å². The summed E-state index contributed by atoms with van der Waals surface area (Å²) in [5.74, 6) is 0.996. The molecule has 0 radical (unpaired) electrons. The summed E-state index contributed by atoms with van der Waals surface area (Å²) in [6.07, 6.45) is 2.48. The zero-order valence-electron chi connectivity index (χ0n) is 13.6. The first-order valence-corrected chi connectivity index (χ1v) is 9.13. The van der Waals surface area contributed by atoms with Crippen LogP contribution < -0.4 is 10.2 Å². The van der Waals surface area contributed by atoms with Gasteiger partial charge in [-0.1, -0.05) is 11.8 Å². The second-order valence-corrected chi connectivity index (χ2v) is 6.35. The Morgan fingerprint density at radius 3 is 2.88 bits per heavy atom. The highest BCUT2D eigenvalue weighted by molar-refractivity contribution is 7.98. The molecule has 0 unspecified atom stereocenters. The maximum atomic E-state index is 11.8. The topological polar surface area (TPSA) is 94.4 Å². The van der Waals surface area contributed by atoms with E-state index in [-0.39, 0.29) is 6.61 Å².